The summed E-state index contributed by atoms with van der Waals surface area (Å²) >= 11 is 0. The minimum atomic E-state index is -0.506. The Kier molecular flexibility index (Phi) is 6.55. The van der Waals surface area contributed by atoms with Gasteiger partial charge in [-0.05, 0) is 20.0 Å². The number of fused-ring (bicyclic) bond motifs is 2. The molecule has 3 heterocycles. The first kappa shape index (κ1) is 22.0. The van der Waals surface area contributed by atoms with E-state index in [1.54, 1.807) is 16.7 Å². The highest BCUT2D eigenvalue weighted by Crippen LogP contribution is 2.28. The van der Waals surface area contributed by atoms with Crippen molar-refractivity contribution in [1.29, 1.82) is 0 Å². The second-order valence-electron chi connectivity index (χ2n) is 8.06. The van der Waals surface area contributed by atoms with Crippen LogP contribution in [0.1, 0.15) is 28.5 Å². The van der Waals surface area contributed by atoms with Crippen molar-refractivity contribution in [2.24, 2.45) is 0 Å². The van der Waals surface area contributed by atoms with E-state index < -0.39 is 5.97 Å². The molecule has 0 saturated carbocycles. The van der Waals surface area contributed by atoms with Gasteiger partial charge in [0.15, 0.2) is 6.61 Å². The Balaban J connectivity index is 1.44. The van der Waals surface area contributed by atoms with Crippen LogP contribution in [0.15, 0.2) is 24.3 Å². The molecule has 4 rings (SSSR count). The summed E-state index contributed by atoms with van der Waals surface area (Å²) in [7, 11) is 2.01. The van der Waals surface area contributed by atoms with Crippen molar-refractivity contribution in [2.45, 2.75) is 19.9 Å². The molecule has 0 bridgehead atoms. The number of carbonyl (C=O) groups excluding carboxylic acids is 3. The normalized spacial score (nSPS) is 16.6. The molecule has 0 atom stereocenters. The minimum absolute atomic E-state index is 0.272. The number of carbonyl (C=O) groups is 3. The number of ether oxygens (including phenoxy) is 2. The third kappa shape index (κ3) is 4.52. The maximum Gasteiger partial charge on any atom is 0.409 e. The van der Waals surface area contributed by atoms with Crippen LogP contribution in [-0.4, -0.2) is 90.6 Å². The van der Waals surface area contributed by atoms with E-state index in [9.17, 15) is 14.4 Å². The fourth-order valence-corrected chi connectivity index (χ4v) is 4.20. The molecule has 1 aromatic heterocycles. The third-order valence-electron chi connectivity index (χ3n) is 5.93. The topological polar surface area (TPSA) is 92.3 Å². The molecule has 2 aromatic rings. The Morgan fingerprint density at radius 3 is 2.47 bits per heavy atom. The van der Waals surface area contributed by atoms with Gasteiger partial charge in [0.05, 0.1) is 17.7 Å². The van der Waals surface area contributed by atoms with E-state index in [0.717, 1.165) is 35.1 Å². The van der Waals surface area contributed by atoms with E-state index in [2.05, 4.69) is 4.90 Å². The summed E-state index contributed by atoms with van der Waals surface area (Å²) in [6.07, 6.45) is 0.394. The number of likely N-dealkylation sites (N-methyl/N-ethyl adjacent to an activating group) is 1. The highest BCUT2D eigenvalue weighted by molar-refractivity contribution is 6.05. The van der Waals surface area contributed by atoms with Crippen LogP contribution in [0.2, 0.25) is 0 Å². The summed E-state index contributed by atoms with van der Waals surface area (Å²) in [6, 6.07) is 7.52. The quantitative estimate of drug-likeness (QED) is 0.668. The maximum atomic E-state index is 13.1. The highest BCUT2D eigenvalue weighted by atomic mass is 16.6. The average Bonchev–Trinajstić information content (AvgIpc) is 2.81. The van der Waals surface area contributed by atoms with Gasteiger partial charge < -0.3 is 24.2 Å². The lowest BCUT2D eigenvalue weighted by molar-refractivity contribution is -0.136. The highest BCUT2D eigenvalue weighted by Gasteiger charge is 2.28. The van der Waals surface area contributed by atoms with Gasteiger partial charge in [0.2, 0.25) is 0 Å². The summed E-state index contributed by atoms with van der Waals surface area (Å²) in [5, 5.41) is 0.738. The van der Waals surface area contributed by atoms with Crippen LogP contribution in [0.5, 0.6) is 0 Å². The molecule has 1 saturated heterocycles. The number of nitrogens with zero attached hydrogens (tertiary/aromatic N) is 4. The SMILES string of the molecule is CCOC(=O)N1CCN(C(=O)COC(=O)c2c3c(nc4ccccc24)CCN(C)C3)CC1. The molecule has 0 spiro atoms. The third-order valence-corrected chi connectivity index (χ3v) is 5.93. The summed E-state index contributed by atoms with van der Waals surface area (Å²) < 4.78 is 10.5. The average molecular weight is 441 g/mol. The fourth-order valence-electron chi connectivity index (χ4n) is 4.20. The zero-order chi connectivity index (χ0) is 22.7. The van der Waals surface area contributed by atoms with Crippen molar-refractivity contribution in [3.8, 4) is 0 Å². The van der Waals surface area contributed by atoms with Crippen LogP contribution in [-0.2, 0) is 27.2 Å². The summed E-state index contributed by atoms with van der Waals surface area (Å²) in [5.41, 5.74) is 3.04. The molecule has 2 aliphatic rings. The van der Waals surface area contributed by atoms with Gasteiger partial charge in [-0.1, -0.05) is 18.2 Å². The van der Waals surface area contributed by atoms with E-state index in [1.165, 1.54) is 0 Å². The lowest BCUT2D eigenvalue weighted by Gasteiger charge is -2.33. The van der Waals surface area contributed by atoms with Crippen molar-refractivity contribution in [3.05, 3.63) is 41.1 Å². The number of pyridine rings is 1. The molecular weight excluding hydrogens is 412 g/mol. The zero-order valence-corrected chi connectivity index (χ0v) is 18.5. The van der Waals surface area contributed by atoms with E-state index in [-0.39, 0.29) is 18.6 Å². The standard InChI is InChI=1S/C23H28N4O5/c1-3-31-23(30)27-12-10-26(11-13-27)20(28)15-32-22(29)21-16-6-4-5-7-18(16)24-19-8-9-25(2)14-17(19)21/h4-7H,3,8-15H2,1-2H3. The van der Waals surface area contributed by atoms with Crippen LogP contribution in [0.25, 0.3) is 10.9 Å². The minimum Gasteiger partial charge on any atom is -0.452 e. The number of amides is 2. The molecule has 9 heteroatoms. The fraction of sp³-hybridized carbons (Fsp3) is 0.478. The Morgan fingerprint density at radius 2 is 1.72 bits per heavy atom. The summed E-state index contributed by atoms with van der Waals surface area (Å²) in [4.78, 5) is 47.6. The lowest BCUT2D eigenvalue weighted by atomic mass is 9.96. The molecule has 32 heavy (non-hydrogen) atoms. The molecule has 0 N–H and O–H groups in total. The Bertz CT molecular complexity index is 1030. The molecule has 0 aliphatic carbocycles. The monoisotopic (exact) mass is 440 g/mol. The number of hydrogen-bond acceptors (Lipinski definition) is 7. The molecule has 2 aliphatic heterocycles. The second kappa shape index (κ2) is 9.52. The first-order valence-corrected chi connectivity index (χ1v) is 10.9. The van der Waals surface area contributed by atoms with Gasteiger partial charge in [0.25, 0.3) is 5.91 Å². The number of piperazine rings is 1. The second-order valence-corrected chi connectivity index (χ2v) is 8.06. The van der Waals surface area contributed by atoms with Crippen molar-refractivity contribution < 1.29 is 23.9 Å². The zero-order valence-electron chi connectivity index (χ0n) is 18.5. The molecule has 0 unspecified atom stereocenters. The molecular formula is C23H28N4O5. The Hall–Kier alpha value is -3.20. The summed E-state index contributed by atoms with van der Waals surface area (Å²) in [5.74, 6) is -0.778. The van der Waals surface area contributed by atoms with Crippen molar-refractivity contribution in [1.82, 2.24) is 19.7 Å². The molecule has 170 valence electrons. The summed E-state index contributed by atoms with van der Waals surface area (Å²) in [6.45, 7) is 4.79. The first-order chi connectivity index (χ1) is 15.5. The number of para-hydroxylation sites is 1. The van der Waals surface area contributed by atoms with E-state index in [1.807, 2.05) is 31.3 Å². The first-order valence-electron chi connectivity index (χ1n) is 10.9. The molecule has 1 aromatic carbocycles. The molecule has 9 nitrogen and oxygen atoms in total. The van der Waals surface area contributed by atoms with Gasteiger partial charge in [-0.3, -0.25) is 9.78 Å². The Labute approximate surface area is 186 Å². The smallest absolute Gasteiger partial charge is 0.409 e. The van der Waals surface area contributed by atoms with Crippen molar-refractivity contribution >= 4 is 28.9 Å². The van der Waals surface area contributed by atoms with E-state index >= 15 is 0 Å². The van der Waals surface area contributed by atoms with Gasteiger partial charge in [0, 0.05) is 62.3 Å². The largest absolute Gasteiger partial charge is 0.452 e. The van der Waals surface area contributed by atoms with Gasteiger partial charge in [0.1, 0.15) is 0 Å². The van der Waals surface area contributed by atoms with Crippen LogP contribution in [0, 0.1) is 0 Å². The number of aromatic nitrogens is 1. The molecule has 1 fully saturated rings. The van der Waals surface area contributed by atoms with Gasteiger partial charge >= 0.3 is 12.1 Å². The number of esters is 1. The van der Waals surface area contributed by atoms with Gasteiger partial charge in [-0.25, -0.2) is 9.59 Å². The predicted octanol–water partition coefficient (Wildman–Crippen LogP) is 1.68. The van der Waals surface area contributed by atoms with Crippen LogP contribution in [0.4, 0.5) is 4.79 Å². The van der Waals surface area contributed by atoms with Crippen molar-refractivity contribution in [3.63, 3.8) is 0 Å². The maximum absolute atomic E-state index is 13.1. The Morgan fingerprint density at radius 1 is 1.00 bits per heavy atom. The van der Waals surface area contributed by atoms with Crippen LogP contribution < -0.4 is 0 Å². The van der Waals surface area contributed by atoms with Gasteiger partial charge in [-0.2, -0.15) is 0 Å². The van der Waals surface area contributed by atoms with Crippen LogP contribution >= 0.6 is 0 Å². The molecule has 0 radical (unpaired) electrons. The number of rotatable bonds is 4. The lowest BCUT2D eigenvalue weighted by Crippen LogP contribution is -2.51. The van der Waals surface area contributed by atoms with Crippen LogP contribution in [0.3, 0.4) is 0 Å². The van der Waals surface area contributed by atoms with Gasteiger partial charge in [-0.15, -0.1) is 0 Å². The molecule has 2 amide bonds. The van der Waals surface area contributed by atoms with E-state index in [0.29, 0.717) is 44.9 Å². The number of hydrogen-bond donors (Lipinski definition) is 0. The van der Waals surface area contributed by atoms with E-state index in [4.69, 9.17) is 14.5 Å². The number of benzene rings is 1. The van der Waals surface area contributed by atoms with Crippen molar-refractivity contribution in [2.75, 3.05) is 53.0 Å². The predicted molar refractivity (Wildman–Crippen MR) is 117 cm³/mol.